The summed E-state index contributed by atoms with van der Waals surface area (Å²) in [5.41, 5.74) is 5.77. The molecule has 0 saturated heterocycles. The zero-order valence-electron chi connectivity index (χ0n) is 6.64. The molecule has 0 unspecified atom stereocenters. The van der Waals surface area contributed by atoms with E-state index in [0.717, 1.165) is 12.1 Å². The Balaban J connectivity index is 2.90. The van der Waals surface area contributed by atoms with Crippen LogP contribution < -0.4 is 10.5 Å². The van der Waals surface area contributed by atoms with Crippen LogP contribution in [0.25, 0.3) is 0 Å². The van der Waals surface area contributed by atoms with E-state index >= 15 is 0 Å². The summed E-state index contributed by atoms with van der Waals surface area (Å²) in [4.78, 5) is 0. The standard InChI is InChI=1S/C8H8F3NO/c9-6-2-1-5(4-12)3-7(6)13-8(10)11/h1-3,8H,4,12H2. The van der Waals surface area contributed by atoms with Crippen LogP contribution in [0.15, 0.2) is 18.2 Å². The Morgan fingerprint density at radius 1 is 1.38 bits per heavy atom. The average molecular weight is 191 g/mol. The van der Waals surface area contributed by atoms with Gasteiger partial charge in [-0.15, -0.1) is 0 Å². The van der Waals surface area contributed by atoms with E-state index in [2.05, 4.69) is 4.74 Å². The molecule has 0 atom stereocenters. The van der Waals surface area contributed by atoms with Crippen molar-refractivity contribution < 1.29 is 17.9 Å². The molecule has 0 bridgehead atoms. The minimum absolute atomic E-state index is 0.153. The zero-order chi connectivity index (χ0) is 9.84. The van der Waals surface area contributed by atoms with Gasteiger partial charge in [0.25, 0.3) is 0 Å². The van der Waals surface area contributed by atoms with Crippen LogP contribution in [0.1, 0.15) is 5.56 Å². The molecular formula is C8H8F3NO. The van der Waals surface area contributed by atoms with Crippen LogP contribution in [0.4, 0.5) is 13.2 Å². The number of halogens is 3. The van der Waals surface area contributed by atoms with E-state index in [-0.39, 0.29) is 6.54 Å². The van der Waals surface area contributed by atoms with Crippen molar-refractivity contribution in [3.63, 3.8) is 0 Å². The van der Waals surface area contributed by atoms with Gasteiger partial charge in [0.1, 0.15) is 0 Å². The molecule has 5 heteroatoms. The van der Waals surface area contributed by atoms with Crippen molar-refractivity contribution in [1.29, 1.82) is 0 Å². The second kappa shape index (κ2) is 4.13. The van der Waals surface area contributed by atoms with Gasteiger partial charge in [-0.25, -0.2) is 4.39 Å². The molecule has 0 spiro atoms. The third kappa shape index (κ3) is 2.62. The van der Waals surface area contributed by atoms with E-state index in [1.807, 2.05) is 0 Å². The van der Waals surface area contributed by atoms with Gasteiger partial charge in [0.05, 0.1) is 0 Å². The fourth-order valence-electron chi connectivity index (χ4n) is 0.861. The smallest absolute Gasteiger partial charge is 0.387 e. The Morgan fingerprint density at radius 3 is 2.62 bits per heavy atom. The maximum Gasteiger partial charge on any atom is 0.387 e. The van der Waals surface area contributed by atoms with Crippen LogP contribution in [-0.4, -0.2) is 6.61 Å². The molecule has 1 aromatic carbocycles. The third-order valence-corrected chi connectivity index (χ3v) is 1.45. The van der Waals surface area contributed by atoms with Crippen LogP contribution in [0.5, 0.6) is 5.75 Å². The highest BCUT2D eigenvalue weighted by Gasteiger charge is 2.09. The predicted molar refractivity (Wildman–Crippen MR) is 40.9 cm³/mol. The topological polar surface area (TPSA) is 35.2 Å². The highest BCUT2D eigenvalue weighted by Crippen LogP contribution is 2.20. The Labute approximate surface area is 73.1 Å². The summed E-state index contributed by atoms with van der Waals surface area (Å²) in [7, 11) is 0. The lowest BCUT2D eigenvalue weighted by Gasteiger charge is -2.06. The van der Waals surface area contributed by atoms with Gasteiger partial charge in [0, 0.05) is 6.54 Å². The quantitative estimate of drug-likeness (QED) is 0.791. The van der Waals surface area contributed by atoms with E-state index in [1.54, 1.807) is 0 Å². The SMILES string of the molecule is NCc1ccc(F)c(OC(F)F)c1. The van der Waals surface area contributed by atoms with E-state index < -0.39 is 18.2 Å². The number of alkyl halides is 2. The predicted octanol–water partition coefficient (Wildman–Crippen LogP) is 1.89. The molecule has 0 radical (unpaired) electrons. The van der Waals surface area contributed by atoms with Gasteiger partial charge >= 0.3 is 6.61 Å². The number of hydrogen-bond acceptors (Lipinski definition) is 2. The van der Waals surface area contributed by atoms with Gasteiger partial charge < -0.3 is 10.5 Å². The summed E-state index contributed by atoms with van der Waals surface area (Å²) in [5.74, 6) is -1.30. The minimum atomic E-state index is -3.03. The summed E-state index contributed by atoms with van der Waals surface area (Å²) in [5, 5.41) is 0. The molecule has 1 rings (SSSR count). The minimum Gasteiger partial charge on any atom is -0.432 e. The van der Waals surface area contributed by atoms with Gasteiger partial charge in [-0.1, -0.05) is 6.07 Å². The molecule has 0 saturated carbocycles. The molecule has 2 N–H and O–H groups in total. The Kier molecular flexibility index (Phi) is 3.13. The van der Waals surface area contributed by atoms with Gasteiger partial charge in [-0.05, 0) is 17.7 Å². The van der Waals surface area contributed by atoms with Crippen molar-refractivity contribution in [2.45, 2.75) is 13.2 Å². The lowest BCUT2D eigenvalue weighted by atomic mass is 10.2. The molecule has 0 aliphatic carbocycles. The normalized spacial score (nSPS) is 10.5. The van der Waals surface area contributed by atoms with Crippen LogP contribution in [0.3, 0.4) is 0 Å². The largest absolute Gasteiger partial charge is 0.432 e. The fourth-order valence-corrected chi connectivity index (χ4v) is 0.861. The van der Waals surface area contributed by atoms with Gasteiger partial charge in [-0.2, -0.15) is 8.78 Å². The van der Waals surface area contributed by atoms with Crippen molar-refractivity contribution in [3.8, 4) is 5.75 Å². The summed E-state index contributed by atoms with van der Waals surface area (Å²) >= 11 is 0. The molecule has 0 heterocycles. The van der Waals surface area contributed by atoms with Gasteiger partial charge in [-0.3, -0.25) is 0 Å². The van der Waals surface area contributed by atoms with Crippen molar-refractivity contribution in [2.75, 3.05) is 0 Å². The third-order valence-electron chi connectivity index (χ3n) is 1.45. The number of benzene rings is 1. The number of rotatable bonds is 3. The van der Waals surface area contributed by atoms with Gasteiger partial charge in [0.2, 0.25) is 0 Å². The lowest BCUT2D eigenvalue weighted by molar-refractivity contribution is -0.0522. The zero-order valence-corrected chi connectivity index (χ0v) is 6.64. The average Bonchev–Trinajstić information content (AvgIpc) is 2.08. The Morgan fingerprint density at radius 2 is 2.08 bits per heavy atom. The fraction of sp³-hybridized carbons (Fsp3) is 0.250. The number of ether oxygens (including phenoxy) is 1. The molecule has 0 fully saturated rings. The van der Waals surface area contributed by atoms with Crippen molar-refractivity contribution in [1.82, 2.24) is 0 Å². The molecule has 0 aliphatic heterocycles. The molecule has 0 amide bonds. The van der Waals surface area contributed by atoms with Crippen molar-refractivity contribution in [2.24, 2.45) is 5.73 Å². The van der Waals surface area contributed by atoms with Crippen LogP contribution in [0, 0.1) is 5.82 Å². The van der Waals surface area contributed by atoms with E-state index in [1.165, 1.54) is 6.07 Å². The lowest BCUT2D eigenvalue weighted by Crippen LogP contribution is -2.05. The molecular weight excluding hydrogens is 183 g/mol. The van der Waals surface area contributed by atoms with Crippen molar-refractivity contribution >= 4 is 0 Å². The Hall–Kier alpha value is -1.23. The molecule has 1 aromatic rings. The first-order chi connectivity index (χ1) is 6.13. The highest BCUT2D eigenvalue weighted by atomic mass is 19.3. The van der Waals surface area contributed by atoms with E-state index in [4.69, 9.17) is 5.73 Å². The molecule has 13 heavy (non-hydrogen) atoms. The molecule has 2 nitrogen and oxygen atoms in total. The van der Waals surface area contributed by atoms with Gasteiger partial charge in [0.15, 0.2) is 11.6 Å². The second-order valence-electron chi connectivity index (χ2n) is 2.35. The number of hydrogen-bond donors (Lipinski definition) is 1. The van der Waals surface area contributed by atoms with Crippen LogP contribution in [-0.2, 0) is 6.54 Å². The molecule has 0 aliphatic rings. The maximum atomic E-state index is 12.8. The van der Waals surface area contributed by atoms with E-state index in [9.17, 15) is 13.2 Å². The highest BCUT2D eigenvalue weighted by molar-refractivity contribution is 5.30. The second-order valence-corrected chi connectivity index (χ2v) is 2.35. The summed E-state index contributed by atoms with van der Waals surface area (Å²) in [6.45, 7) is -2.87. The van der Waals surface area contributed by atoms with Crippen molar-refractivity contribution in [3.05, 3.63) is 29.6 Å². The Bertz CT molecular complexity index is 291. The van der Waals surface area contributed by atoms with Crippen LogP contribution in [0.2, 0.25) is 0 Å². The first kappa shape index (κ1) is 9.85. The maximum absolute atomic E-state index is 12.8. The number of nitrogens with two attached hydrogens (primary N) is 1. The van der Waals surface area contributed by atoms with E-state index in [0.29, 0.717) is 5.56 Å². The summed E-state index contributed by atoms with van der Waals surface area (Å²) in [6, 6.07) is 3.61. The first-order valence-corrected chi connectivity index (χ1v) is 3.57. The molecule has 0 aromatic heterocycles. The van der Waals surface area contributed by atoms with Crippen LogP contribution >= 0.6 is 0 Å². The molecule has 72 valence electrons. The summed E-state index contributed by atoms with van der Waals surface area (Å²) < 4.78 is 40.1. The first-order valence-electron chi connectivity index (χ1n) is 3.57. The monoisotopic (exact) mass is 191 g/mol. The summed E-state index contributed by atoms with van der Waals surface area (Å²) in [6.07, 6.45) is 0.